The third kappa shape index (κ3) is 4.46. The van der Waals surface area contributed by atoms with E-state index in [-0.39, 0.29) is 0 Å². The first-order valence-electron chi connectivity index (χ1n) is 8.38. The Morgan fingerprint density at radius 1 is 1.32 bits per heavy atom. The Morgan fingerprint density at radius 2 is 2.18 bits per heavy atom. The first-order valence-corrected chi connectivity index (χ1v) is 10.2. The van der Waals surface area contributed by atoms with Crippen LogP contribution in [0.4, 0.5) is 0 Å². The zero-order chi connectivity index (χ0) is 15.2. The Kier molecular flexibility index (Phi) is 6.15. The molecular weight excluding hydrogens is 314 g/mol. The number of nitrogens with zero attached hydrogens (tertiary/aromatic N) is 2. The minimum atomic E-state index is 0.329. The van der Waals surface area contributed by atoms with E-state index in [1.165, 1.54) is 32.1 Å². The van der Waals surface area contributed by atoms with E-state index in [0.717, 1.165) is 36.0 Å². The fourth-order valence-corrected chi connectivity index (χ4v) is 5.08. The molecule has 1 saturated carbocycles. The Balaban J connectivity index is 1.42. The van der Waals surface area contributed by atoms with Crippen LogP contribution in [0.2, 0.25) is 0 Å². The maximum Gasteiger partial charge on any atom is 0.222 e. The Morgan fingerprint density at radius 3 is 2.95 bits per heavy atom. The normalized spacial score (nSPS) is 23.4. The highest BCUT2D eigenvalue weighted by atomic mass is 32.2. The molecule has 0 radical (unpaired) electrons. The molecule has 22 heavy (non-hydrogen) atoms. The summed E-state index contributed by atoms with van der Waals surface area (Å²) in [5, 5.41) is 5.71. The number of carbonyl (C=O) groups excluding carboxylic acids is 1. The summed E-state index contributed by atoms with van der Waals surface area (Å²) in [6, 6.07) is 1.07. The third-order valence-corrected chi connectivity index (χ3v) is 6.61. The van der Waals surface area contributed by atoms with E-state index in [1.807, 2.05) is 11.6 Å². The maximum absolute atomic E-state index is 12.1. The lowest BCUT2D eigenvalue weighted by atomic mass is 9.95. The van der Waals surface area contributed by atoms with Crippen LogP contribution in [-0.4, -0.2) is 46.7 Å². The van der Waals surface area contributed by atoms with Gasteiger partial charge in [-0.1, -0.05) is 31.0 Å². The third-order valence-electron chi connectivity index (χ3n) is 4.67. The van der Waals surface area contributed by atoms with Crippen LogP contribution < -0.4 is 5.32 Å². The van der Waals surface area contributed by atoms with Crippen molar-refractivity contribution in [3.63, 3.8) is 0 Å². The first-order chi connectivity index (χ1) is 10.8. The summed E-state index contributed by atoms with van der Waals surface area (Å²) in [4.78, 5) is 18.5. The van der Waals surface area contributed by atoms with Crippen molar-refractivity contribution in [2.24, 2.45) is 0 Å². The molecule has 0 aromatic carbocycles. The Hall–Kier alpha value is -0.590. The molecule has 1 aromatic heterocycles. The number of amides is 1. The lowest BCUT2D eigenvalue weighted by Crippen LogP contribution is -2.44. The molecule has 1 aromatic rings. The molecule has 2 aliphatic rings. The molecule has 0 spiro atoms. The molecule has 0 unspecified atom stereocenters. The van der Waals surface area contributed by atoms with Crippen LogP contribution in [0.15, 0.2) is 15.9 Å². The Bertz CT molecular complexity index is 460. The van der Waals surface area contributed by atoms with E-state index in [4.69, 9.17) is 0 Å². The predicted octanol–water partition coefficient (Wildman–Crippen LogP) is 3.15. The lowest BCUT2D eigenvalue weighted by Gasteiger charge is -2.29. The van der Waals surface area contributed by atoms with Gasteiger partial charge in [0.25, 0.3) is 0 Å². The monoisotopic (exact) mass is 339 g/mol. The van der Waals surface area contributed by atoms with Crippen LogP contribution in [-0.2, 0) is 4.79 Å². The summed E-state index contributed by atoms with van der Waals surface area (Å²) in [5.74, 6) is 1.27. The van der Waals surface area contributed by atoms with Gasteiger partial charge in [0.2, 0.25) is 5.91 Å². The van der Waals surface area contributed by atoms with Gasteiger partial charge >= 0.3 is 0 Å². The minimum Gasteiger partial charge on any atom is -0.338 e. The van der Waals surface area contributed by atoms with Gasteiger partial charge in [-0.3, -0.25) is 4.79 Å². The SMILES string of the molecule is O=C1CC[C@H](CNC2CCCCC2)N1CCSc1nccs1. The molecule has 1 aliphatic carbocycles. The van der Waals surface area contributed by atoms with Gasteiger partial charge in [0.1, 0.15) is 4.34 Å². The van der Waals surface area contributed by atoms with Gasteiger partial charge in [-0.25, -0.2) is 4.98 Å². The number of nitrogens with one attached hydrogen (secondary N) is 1. The smallest absolute Gasteiger partial charge is 0.222 e. The van der Waals surface area contributed by atoms with Gasteiger partial charge in [0.15, 0.2) is 0 Å². The largest absolute Gasteiger partial charge is 0.338 e. The maximum atomic E-state index is 12.1. The molecule has 1 amide bonds. The lowest BCUT2D eigenvalue weighted by molar-refractivity contribution is -0.128. The van der Waals surface area contributed by atoms with E-state index in [9.17, 15) is 4.79 Å². The predicted molar refractivity (Wildman–Crippen MR) is 92.4 cm³/mol. The number of likely N-dealkylation sites (tertiary alicyclic amines) is 1. The highest BCUT2D eigenvalue weighted by Gasteiger charge is 2.30. The van der Waals surface area contributed by atoms with Crippen LogP contribution in [0.3, 0.4) is 0 Å². The number of rotatable bonds is 7. The highest BCUT2D eigenvalue weighted by molar-refractivity contribution is 8.01. The van der Waals surface area contributed by atoms with Crippen molar-refractivity contribution in [3.05, 3.63) is 11.6 Å². The highest BCUT2D eigenvalue weighted by Crippen LogP contribution is 2.24. The number of aromatic nitrogens is 1. The number of hydrogen-bond acceptors (Lipinski definition) is 5. The number of thiazole rings is 1. The second-order valence-electron chi connectivity index (χ2n) is 6.17. The molecule has 4 nitrogen and oxygen atoms in total. The van der Waals surface area contributed by atoms with Crippen LogP contribution in [0.25, 0.3) is 0 Å². The summed E-state index contributed by atoms with van der Waals surface area (Å²) < 4.78 is 1.10. The van der Waals surface area contributed by atoms with Gasteiger partial charge in [-0.2, -0.15) is 0 Å². The quantitative estimate of drug-likeness (QED) is 0.775. The molecular formula is C16H25N3OS2. The van der Waals surface area contributed by atoms with Crippen molar-refractivity contribution in [1.82, 2.24) is 15.2 Å². The molecule has 3 rings (SSSR count). The molecule has 1 atom stereocenters. The topological polar surface area (TPSA) is 45.2 Å². The summed E-state index contributed by atoms with van der Waals surface area (Å²) in [6.07, 6.45) is 10.3. The zero-order valence-corrected chi connectivity index (χ0v) is 14.6. The zero-order valence-electron chi connectivity index (χ0n) is 13.0. The standard InChI is InChI=1S/C16H25N3OS2/c20-15-7-6-14(12-18-13-4-2-1-3-5-13)19(15)9-11-22-16-17-8-10-21-16/h8,10,13-14,18H,1-7,9,11-12H2/t14-/m1/s1. The summed E-state index contributed by atoms with van der Waals surface area (Å²) in [5.41, 5.74) is 0. The van der Waals surface area contributed by atoms with E-state index in [0.29, 0.717) is 18.0 Å². The first kappa shape index (κ1) is 16.3. The van der Waals surface area contributed by atoms with Gasteiger partial charge in [-0.05, 0) is 19.3 Å². The van der Waals surface area contributed by atoms with Crippen LogP contribution in [0.5, 0.6) is 0 Å². The molecule has 2 fully saturated rings. The number of hydrogen-bond donors (Lipinski definition) is 1. The summed E-state index contributed by atoms with van der Waals surface area (Å²) in [6.45, 7) is 1.82. The van der Waals surface area contributed by atoms with E-state index in [2.05, 4.69) is 15.2 Å². The summed E-state index contributed by atoms with van der Waals surface area (Å²) in [7, 11) is 0. The fourth-order valence-electron chi connectivity index (χ4n) is 3.44. The van der Waals surface area contributed by atoms with Gasteiger partial charge in [0, 0.05) is 48.9 Å². The molecule has 1 N–H and O–H groups in total. The average Bonchev–Trinajstić information content (AvgIpc) is 3.18. The van der Waals surface area contributed by atoms with Crippen molar-refractivity contribution < 1.29 is 4.79 Å². The minimum absolute atomic E-state index is 0.329. The fraction of sp³-hybridized carbons (Fsp3) is 0.750. The molecule has 122 valence electrons. The van der Waals surface area contributed by atoms with Crippen LogP contribution >= 0.6 is 23.1 Å². The van der Waals surface area contributed by atoms with Crippen molar-refractivity contribution in [2.75, 3.05) is 18.8 Å². The molecule has 0 bridgehead atoms. The molecule has 2 heterocycles. The van der Waals surface area contributed by atoms with Gasteiger partial charge < -0.3 is 10.2 Å². The van der Waals surface area contributed by atoms with E-state index >= 15 is 0 Å². The second-order valence-corrected chi connectivity index (χ2v) is 8.41. The van der Waals surface area contributed by atoms with Gasteiger partial charge in [0.05, 0.1) is 0 Å². The summed E-state index contributed by atoms with van der Waals surface area (Å²) >= 11 is 3.43. The average molecular weight is 340 g/mol. The number of thioether (sulfide) groups is 1. The van der Waals surface area contributed by atoms with Crippen molar-refractivity contribution in [2.45, 2.75) is 61.4 Å². The second kappa shape index (κ2) is 8.31. The molecule has 1 aliphatic heterocycles. The van der Waals surface area contributed by atoms with Crippen molar-refractivity contribution in [3.8, 4) is 0 Å². The van der Waals surface area contributed by atoms with Gasteiger partial charge in [-0.15, -0.1) is 11.3 Å². The number of carbonyl (C=O) groups is 1. The Labute approximate surface area is 141 Å². The van der Waals surface area contributed by atoms with Crippen molar-refractivity contribution in [1.29, 1.82) is 0 Å². The van der Waals surface area contributed by atoms with Crippen molar-refractivity contribution >= 4 is 29.0 Å². The van der Waals surface area contributed by atoms with Crippen LogP contribution in [0.1, 0.15) is 44.9 Å². The van der Waals surface area contributed by atoms with E-state index < -0.39 is 0 Å². The molecule has 1 saturated heterocycles. The van der Waals surface area contributed by atoms with E-state index in [1.54, 1.807) is 23.1 Å². The molecule has 6 heteroatoms. The van der Waals surface area contributed by atoms with Crippen LogP contribution in [0, 0.1) is 0 Å².